The molecule has 0 aliphatic rings. The van der Waals surface area contributed by atoms with Gasteiger partial charge in [-0.15, -0.1) is 0 Å². The van der Waals surface area contributed by atoms with E-state index in [0.717, 1.165) is 0 Å². The van der Waals surface area contributed by atoms with E-state index in [1.807, 2.05) is 0 Å². The molecular formula is C11H13NO3. The maximum atomic E-state index is 11.4. The van der Waals surface area contributed by atoms with Gasteiger partial charge >= 0.3 is 5.97 Å². The van der Waals surface area contributed by atoms with Gasteiger partial charge in [0.25, 0.3) is 0 Å². The summed E-state index contributed by atoms with van der Waals surface area (Å²) in [5.74, 6) is -0.673. The quantitative estimate of drug-likeness (QED) is 0.598. The van der Waals surface area contributed by atoms with Crippen molar-refractivity contribution >= 4 is 17.4 Å². The summed E-state index contributed by atoms with van der Waals surface area (Å²) < 4.78 is 4.79. The highest BCUT2D eigenvalue weighted by molar-refractivity contribution is 5.96. The van der Waals surface area contributed by atoms with Gasteiger partial charge in [0.2, 0.25) is 0 Å². The molecule has 0 bridgehead atoms. The normalized spacial score (nSPS) is 9.67. The number of anilines is 1. The zero-order valence-electron chi connectivity index (χ0n) is 8.53. The van der Waals surface area contributed by atoms with Crippen LogP contribution in [0.5, 0.6) is 0 Å². The zero-order valence-corrected chi connectivity index (χ0v) is 8.53. The number of nitrogens with two attached hydrogens (primary N) is 1. The van der Waals surface area contributed by atoms with Gasteiger partial charge in [-0.1, -0.05) is 19.1 Å². The molecule has 15 heavy (non-hydrogen) atoms. The summed E-state index contributed by atoms with van der Waals surface area (Å²) in [7, 11) is 0. The van der Waals surface area contributed by atoms with Crippen LogP contribution in [0.25, 0.3) is 0 Å². The molecule has 4 nitrogen and oxygen atoms in total. The molecule has 0 spiro atoms. The van der Waals surface area contributed by atoms with E-state index in [2.05, 4.69) is 0 Å². The predicted molar refractivity (Wildman–Crippen MR) is 56.4 cm³/mol. The summed E-state index contributed by atoms with van der Waals surface area (Å²) in [5.41, 5.74) is 6.22. The minimum absolute atomic E-state index is 0.113. The van der Waals surface area contributed by atoms with Gasteiger partial charge < -0.3 is 10.5 Å². The number of ether oxygens (including phenoxy) is 1. The van der Waals surface area contributed by atoms with Crippen molar-refractivity contribution in [2.75, 3.05) is 12.3 Å². The van der Waals surface area contributed by atoms with Crippen LogP contribution >= 0.6 is 0 Å². The van der Waals surface area contributed by atoms with E-state index < -0.39 is 5.97 Å². The Bertz CT molecular complexity index is 374. The van der Waals surface area contributed by atoms with Crippen LogP contribution in [-0.4, -0.2) is 18.4 Å². The van der Waals surface area contributed by atoms with Crippen molar-refractivity contribution in [1.29, 1.82) is 0 Å². The maximum absolute atomic E-state index is 11.4. The fraction of sp³-hybridized carbons (Fsp3) is 0.273. The van der Waals surface area contributed by atoms with Crippen molar-refractivity contribution in [2.24, 2.45) is 0 Å². The number of carbonyl (C=O) groups is 2. The number of hydrogen-bond acceptors (Lipinski definition) is 4. The van der Waals surface area contributed by atoms with E-state index in [1.165, 1.54) is 0 Å². The van der Waals surface area contributed by atoms with E-state index in [1.54, 1.807) is 31.2 Å². The first-order chi connectivity index (χ1) is 7.15. The first kappa shape index (κ1) is 11.2. The number of rotatable bonds is 4. The van der Waals surface area contributed by atoms with Crippen LogP contribution in [0.15, 0.2) is 24.3 Å². The highest BCUT2D eigenvalue weighted by Gasteiger charge is 2.11. The maximum Gasteiger partial charge on any atom is 0.340 e. The molecule has 0 aliphatic heterocycles. The molecule has 0 fully saturated rings. The Balaban J connectivity index is 2.62. The molecule has 0 radical (unpaired) electrons. The lowest BCUT2D eigenvalue weighted by Crippen LogP contribution is -2.14. The lowest BCUT2D eigenvalue weighted by Gasteiger charge is -2.05. The molecule has 0 saturated carbocycles. The topological polar surface area (TPSA) is 69.4 Å². The molecule has 80 valence electrons. The van der Waals surface area contributed by atoms with Crippen molar-refractivity contribution in [2.45, 2.75) is 13.3 Å². The Labute approximate surface area is 88.0 Å². The predicted octanol–water partition coefficient (Wildman–Crippen LogP) is 1.40. The number of para-hydroxylation sites is 1. The molecule has 0 heterocycles. The van der Waals surface area contributed by atoms with Crippen LogP contribution in [-0.2, 0) is 9.53 Å². The van der Waals surface area contributed by atoms with Gasteiger partial charge in [0.1, 0.15) is 6.61 Å². The number of carbonyl (C=O) groups excluding carboxylic acids is 2. The summed E-state index contributed by atoms with van der Waals surface area (Å²) in [6.07, 6.45) is 0.359. The van der Waals surface area contributed by atoms with Gasteiger partial charge in [-0.2, -0.15) is 0 Å². The molecule has 0 amide bonds. The Morgan fingerprint density at radius 2 is 2.00 bits per heavy atom. The SMILES string of the molecule is CCC(=O)COC(=O)c1ccccc1N. The highest BCUT2D eigenvalue weighted by Crippen LogP contribution is 2.11. The fourth-order valence-electron chi connectivity index (χ4n) is 1.01. The Kier molecular flexibility index (Phi) is 3.85. The molecule has 0 aliphatic carbocycles. The van der Waals surface area contributed by atoms with E-state index in [0.29, 0.717) is 17.7 Å². The molecule has 1 aromatic carbocycles. The van der Waals surface area contributed by atoms with Gasteiger partial charge in [-0.3, -0.25) is 4.79 Å². The second-order valence-corrected chi connectivity index (χ2v) is 3.06. The van der Waals surface area contributed by atoms with E-state index in [-0.39, 0.29) is 12.4 Å². The van der Waals surface area contributed by atoms with Crippen LogP contribution in [0.3, 0.4) is 0 Å². The van der Waals surface area contributed by atoms with Crippen molar-refractivity contribution in [1.82, 2.24) is 0 Å². The second kappa shape index (κ2) is 5.14. The average molecular weight is 207 g/mol. The summed E-state index contributed by atoms with van der Waals surface area (Å²) in [6.45, 7) is 1.52. The van der Waals surface area contributed by atoms with Crippen molar-refractivity contribution in [3.05, 3.63) is 29.8 Å². The largest absolute Gasteiger partial charge is 0.454 e. The highest BCUT2D eigenvalue weighted by atomic mass is 16.5. The molecule has 0 saturated heterocycles. The standard InChI is InChI=1S/C11H13NO3/c1-2-8(13)7-15-11(14)9-5-3-4-6-10(9)12/h3-6H,2,7,12H2,1H3. The fourth-order valence-corrected chi connectivity index (χ4v) is 1.01. The molecular weight excluding hydrogens is 194 g/mol. The van der Waals surface area contributed by atoms with Crippen molar-refractivity contribution in [3.63, 3.8) is 0 Å². The summed E-state index contributed by atoms with van der Waals surface area (Å²) in [6, 6.07) is 6.59. The lowest BCUT2D eigenvalue weighted by atomic mass is 10.2. The number of ketones is 1. The summed E-state index contributed by atoms with van der Waals surface area (Å²) in [4.78, 5) is 22.4. The lowest BCUT2D eigenvalue weighted by molar-refractivity contribution is -0.121. The van der Waals surface area contributed by atoms with Gasteiger partial charge in [0.05, 0.1) is 5.56 Å². The minimum atomic E-state index is -0.560. The van der Waals surface area contributed by atoms with E-state index in [9.17, 15) is 9.59 Å². The Morgan fingerprint density at radius 3 is 2.60 bits per heavy atom. The monoisotopic (exact) mass is 207 g/mol. The summed E-state index contributed by atoms with van der Waals surface area (Å²) >= 11 is 0. The van der Waals surface area contributed by atoms with Crippen LogP contribution in [0.1, 0.15) is 23.7 Å². The van der Waals surface area contributed by atoms with Crippen molar-refractivity contribution in [3.8, 4) is 0 Å². The third kappa shape index (κ3) is 3.09. The molecule has 2 N–H and O–H groups in total. The summed E-state index contributed by atoms with van der Waals surface area (Å²) in [5, 5.41) is 0. The first-order valence-corrected chi connectivity index (χ1v) is 4.68. The zero-order chi connectivity index (χ0) is 11.3. The van der Waals surface area contributed by atoms with Crippen LogP contribution < -0.4 is 5.73 Å². The second-order valence-electron chi connectivity index (χ2n) is 3.06. The molecule has 4 heteroatoms. The van der Waals surface area contributed by atoms with E-state index in [4.69, 9.17) is 10.5 Å². The molecule has 0 aromatic heterocycles. The smallest absolute Gasteiger partial charge is 0.340 e. The van der Waals surface area contributed by atoms with Crippen LogP contribution in [0, 0.1) is 0 Å². The van der Waals surface area contributed by atoms with Gasteiger partial charge in [0, 0.05) is 12.1 Å². The molecule has 0 unspecified atom stereocenters. The average Bonchev–Trinajstić information content (AvgIpc) is 2.26. The number of nitrogen functional groups attached to an aromatic ring is 1. The Morgan fingerprint density at radius 1 is 1.33 bits per heavy atom. The van der Waals surface area contributed by atoms with Crippen molar-refractivity contribution < 1.29 is 14.3 Å². The first-order valence-electron chi connectivity index (χ1n) is 4.68. The molecule has 1 aromatic rings. The number of hydrogen-bond donors (Lipinski definition) is 1. The number of Topliss-reactive ketones (excluding diaryl/α,β-unsaturated/α-hetero) is 1. The Hall–Kier alpha value is -1.84. The minimum Gasteiger partial charge on any atom is -0.454 e. The van der Waals surface area contributed by atoms with Gasteiger partial charge in [-0.05, 0) is 12.1 Å². The molecule has 0 atom stereocenters. The third-order valence-electron chi connectivity index (χ3n) is 1.94. The number of esters is 1. The van der Waals surface area contributed by atoms with Gasteiger partial charge in [0.15, 0.2) is 5.78 Å². The van der Waals surface area contributed by atoms with Crippen LogP contribution in [0.4, 0.5) is 5.69 Å². The van der Waals surface area contributed by atoms with Crippen LogP contribution in [0.2, 0.25) is 0 Å². The third-order valence-corrected chi connectivity index (χ3v) is 1.94. The number of benzene rings is 1. The van der Waals surface area contributed by atoms with Gasteiger partial charge in [-0.25, -0.2) is 4.79 Å². The molecule has 1 rings (SSSR count). The van der Waals surface area contributed by atoms with E-state index >= 15 is 0 Å².